The van der Waals surface area contributed by atoms with Gasteiger partial charge < -0.3 is 61.9 Å². The summed E-state index contributed by atoms with van der Waals surface area (Å²) in [5.41, 5.74) is -1.40. The van der Waals surface area contributed by atoms with Crippen LogP contribution < -0.4 is 0 Å². The second-order valence-corrected chi connectivity index (χ2v) is 39.0. The van der Waals surface area contributed by atoms with Crippen molar-refractivity contribution in [3.8, 4) is 0 Å². The lowest BCUT2D eigenvalue weighted by Gasteiger charge is -2.64. The molecule has 754 valence electrons. The van der Waals surface area contributed by atoms with Crippen molar-refractivity contribution in [3.05, 3.63) is 0 Å². The van der Waals surface area contributed by atoms with E-state index < -0.39 is 171 Å². The maximum absolute atomic E-state index is 14.7. The summed E-state index contributed by atoms with van der Waals surface area (Å²) in [4.78, 5) is 175. The van der Waals surface area contributed by atoms with Gasteiger partial charge in [0, 0.05) is 56.3 Å². The van der Waals surface area contributed by atoms with Crippen LogP contribution in [0.5, 0.6) is 0 Å². The van der Waals surface area contributed by atoms with Crippen LogP contribution in [0, 0.1) is 46.3 Å². The van der Waals surface area contributed by atoms with E-state index in [1.54, 1.807) is 0 Å². The first-order valence-electron chi connectivity index (χ1n) is 52.6. The summed E-state index contributed by atoms with van der Waals surface area (Å²) in [6.07, 6.45) is 38.5. The van der Waals surface area contributed by atoms with Crippen molar-refractivity contribution in [2.75, 3.05) is 39.6 Å². The number of ether oxygens (including phenoxy) is 12. The smallest absolute Gasteiger partial charge is 0.306 e. The first-order chi connectivity index (χ1) is 63.2. The van der Waals surface area contributed by atoms with E-state index in [1.807, 2.05) is 6.92 Å². The van der Waals surface area contributed by atoms with Gasteiger partial charge in [0.25, 0.3) is 0 Å². The molecule has 26 heteroatoms. The quantitative estimate of drug-likeness (QED) is 0.0336. The van der Waals surface area contributed by atoms with E-state index >= 15 is 0 Å². The number of unbranched alkanes of at least 4 members (excludes halogenated alkanes) is 36. The largest absolute Gasteiger partial charge is 0.481 e. The van der Waals surface area contributed by atoms with Crippen molar-refractivity contribution in [3.63, 3.8) is 0 Å². The molecule has 0 aromatic heterocycles. The van der Waals surface area contributed by atoms with Gasteiger partial charge in [-0.25, -0.2) is 0 Å². The Balaban J connectivity index is 1.60. The SMILES string of the molecule is CCCCCCCCCC(=O)OCC(COC(=O)CCC(=O)O[C@@H]1CC[C@@]2(C)[C@@H](C1)C[C@@H](OC(=O)CCC(=O)OCC(COC(=O)CCCCCCCCC)OC(=O)CCCCCCCCC)[C@@H]1[C@@H]2C[C@H](OC(=O)CCC(=O)OCC(COC(=O)CCCCCCCCC)OC(=O)CCCCCCCCC)[C@]2(C)[C@@H]([C@H](C)CCC(=O)O)CC[C@@H]12)OC(=O)CCCCCCCCC. The zero-order valence-corrected chi connectivity index (χ0v) is 82.9. The van der Waals surface area contributed by atoms with E-state index in [0.29, 0.717) is 83.5 Å². The Morgan fingerprint density at radius 3 is 0.901 bits per heavy atom. The normalized spacial score (nSPS) is 21.1. The summed E-state index contributed by atoms with van der Waals surface area (Å²) < 4.78 is 70.8. The minimum atomic E-state index is -1.10. The summed E-state index contributed by atoms with van der Waals surface area (Å²) in [6, 6.07) is 0. The Morgan fingerprint density at radius 2 is 0.580 bits per heavy atom. The molecule has 4 fully saturated rings. The fourth-order valence-corrected chi connectivity index (χ4v) is 20.3. The second-order valence-electron chi connectivity index (χ2n) is 39.0. The molecule has 0 bridgehead atoms. The van der Waals surface area contributed by atoms with Gasteiger partial charge in [-0.2, -0.15) is 0 Å². The van der Waals surface area contributed by atoms with Gasteiger partial charge in [0.1, 0.15) is 58.0 Å². The summed E-state index contributed by atoms with van der Waals surface area (Å²) in [5.74, 6) is -9.78. The first-order valence-corrected chi connectivity index (χ1v) is 52.6. The molecule has 0 aliphatic heterocycles. The average Bonchev–Trinajstić information content (AvgIpc) is 1.50. The Bertz CT molecular complexity index is 3230. The number of hydrogen-bond acceptors (Lipinski definition) is 25. The van der Waals surface area contributed by atoms with Crippen molar-refractivity contribution in [2.24, 2.45) is 46.3 Å². The molecule has 4 rings (SSSR count). The van der Waals surface area contributed by atoms with E-state index in [9.17, 15) is 67.4 Å². The molecule has 3 unspecified atom stereocenters. The number of aliphatic carboxylic acids is 1. The van der Waals surface area contributed by atoms with Crippen molar-refractivity contribution >= 4 is 77.6 Å². The van der Waals surface area contributed by atoms with Crippen LogP contribution in [-0.2, 0) is 119 Å². The Kier molecular flexibility index (Phi) is 62.9. The minimum Gasteiger partial charge on any atom is -0.481 e. The van der Waals surface area contributed by atoms with Crippen LogP contribution in [0.3, 0.4) is 0 Å². The van der Waals surface area contributed by atoms with Crippen LogP contribution in [0.1, 0.15) is 467 Å². The second kappa shape index (κ2) is 70.7. The van der Waals surface area contributed by atoms with E-state index in [1.165, 1.54) is 12.8 Å². The molecule has 26 nitrogen and oxygen atoms in total. The van der Waals surface area contributed by atoms with E-state index in [2.05, 4.69) is 55.4 Å². The van der Waals surface area contributed by atoms with Crippen LogP contribution in [0.2, 0.25) is 0 Å². The molecule has 0 aromatic carbocycles. The van der Waals surface area contributed by atoms with Gasteiger partial charge >= 0.3 is 77.6 Å². The van der Waals surface area contributed by atoms with Gasteiger partial charge in [-0.05, 0) is 125 Å². The zero-order chi connectivity index (χ0) is 95.7. The molecule has 0 amide bonds. The maximum atomic E-state index is 14.7. The lowest BCUT2D eigenvalue weighted by molar-refractivity contribution is -0.226. The maximum Gasteiger partial charge on any atom is 0.306 e. The molecule has 0 heterocycles. The highest BCUT2D eigenvalue weighted by molar-refractivity contribution is 5.80. The van der Waals surface area contributed by atoms with Gasteiger partial charge in [0.05, 0.1) is 38.5 Å². The molecule has 4 aliphatic carbocycles. The lowest BCUT2D eigenvalue weighted by atomic mass is 9.43. The van der Waals surface area contributed by atoms with Gasteiger partial charge in [0.2, 0.25) is 0 Å². The van der Waals surface area contributed by atoms with Crippen molar-refractivity contribution in [1.29, 1.82) is 0 Å². The summed E-state index contributed by atoms with van der Waals surface area (Å²) in [6.45, 7) is 17.0. The Labute approximate surface area is 787 Å². The first kappa shape index (κ1) is 116. The number of hydrogen-bond donors (Lipinski definition) is 1. The monoisotopic (exact) mass is 1860 g/mol. The number of carboxylic acid groups (broad SMARTS) is 1. The third-order valence-corrected chi connectivity index (χ3v) is 28.1. The molecule has 1 N–H and O–H groups in total. The molecular weight excluding hydrogens is 1680 g/mol. The Hall–Kier alpha value is -6.89. The number of esters is 12. The van der Waals surface area contributed by atoms with Crippen LogP contribution in [0.25, 0.3) is 0 Å². The van der Waals surface area contributed by atoms with Crippen molar-refractivity contribution in [1.82, 2.24) is 0 Å². The van der Waals surface area contributed by atoms with Crippen LogP contribution in [0.15, 0.2) is 0 Å². The third kappa shape index (κ3) is 50.0. The molecule has 14 atom stereocenters. The Morgan fingerprint density at radius 1 is 0.298 bits per heavy atom. The van der Waals surface area contributed by atoms with Gasteiger partial charge in [0.15, 0.2) is 18.3 Å². The van der Waals surface area contributed by atoms with E-state index in [0.717, 1.165) is 218 Å². The van der Waals surface area contributed by atoms with E-state index in [4.69, 9.17) is 56.8 Å². The fraction of sp³-hybridized carbons (Fsp3) is 0.876. The average molecular weight is 1860 g/mol. The predicted molar refractivity (Wildman–Crippen MR) is 500 cm³/mol. The highest BCUT2D eigenvalue weighted by Crippen LogP contribution is 2.69. The standard InChI is InChI=1S/C105H178O26/c1-10-16-22-28-34-40-46-52-91(108)120-73-82(127-97(114)55-49-43-37-31-25-19-13-4)76-123-94(111)62-65-100(117)126-81-68-69-104(8)80(70-81)71-88(130-101(118)66-63-95(112)124-77-83(128-98(115)56-50-44-38-32-26-20-14-5)74-121-92(109)53-47-41-35-29-23-17-11-2)103-86-60-59-85(79(7)58-61-90(106)107)105(86,9)89(72-87(103)104)131-102(119)67-64-96(113)125-78-84(129-99(116)57-51-45-39-33-27-21-15-6)75-122-93(110)54-48-42-36-30-24-18-12-3/h79-89,103H,10-78H2,1-9H3,(H,106,107)/t79-,80+,81-,82?,83?,84?,85-,86+,87+,88-,89+,103+,104+,105-/m1/s1. The van der Waals surface area contributed by atoms with Gasteiger partial charge in [-0.3, -0.25) is 62.3 Å². The van der Waals surface area contributed by atoms with Gasteiger partial charge in [-0.1, -0.05) is 293 Å². The summed E-state index contributed by atoms with van der Waals surface area (Å²) in [7, 11) is 0. The minimum absolute atomic E-state index is 0.105. The highest BCUT2D eigenvalue weighted by Gasteiger charge is 2.68. The number of carbonyl (C=O) groups excluding carboxylic acids is 12. The molecule has 4 saturated carbocycles. The molecule has 4 aliphatic rings. The summed E-state index contributed by atoms with van der Waals surface area (Å²) >= 11 is 0. The van der Waals surface area contributed by atoms with Crippen LogP contribution in [-0.4, -0.2) is 159 Å². The fourth-order valence-electron chi connectivity index (χ4n) is 20.3. The van der Waals surface area contributed by atoms with Crippen LogP contribution in [0.4, 0.5) is 0 Å². The highest BCUT2D eigenvalue weighted by atomic mass is 16.6. The topological polar surface area (TPSA) is 353 Å². The van der Waals surface area contributed by atoms with Gasteiger partial charge in [-0.15, -0.1) is 0 Å². The third-order valence-electron chi connectivity index (χ3n) is 28.1. The number of fused-ring (bicyclic) bond motifs is 5. The lowest BCUT2D eigenvalue weighted by Crippen LogP contribution is -2.63. The van der Waals surface area contributed by atoms with Crippen LogP contribution >= 0.6 is 0 Å². The molecule has 131 heavy (non-hydrogen) atoms. The number of rotatable bonds is 79. The molecule has 0 saturated heterocycles. The summed E-state index contributed by atoms with van der Waals surface area (Å²) in [5, 5.41) is 10.0. The van der Waals surface area contributed by atoms with E-state index in [-0.39, 0.29) is 120 Å². The molecular formula is C105H178O26. The molecule has 0 spiro atoms. The zero-order valence-electron chi connectivity index (χ0n) is 82.9. The molecule has 0 aromatic rings. The number of carboxylic acids is 1. The molecule has 0 radical (unpaired) electrons. The predicted octanol–water partition coefficient (Wildman–Crippen LogP) is 23.3. The van der Waals surface area contributed by atoms with Crippen molar-refractivity contribution in [2.45, 2.75) is 503 Å². The number of carbonyl (C=O) groups is 13. The van der Waals surface area contributed by atoms with Crippen molar-refractivity contribution < 1.29 is 124 Å².